The first-order chi connectivity index (χ1) is 5.00. The van der Waals surface area contributed by atoms with Gasteiger partial charge in [0.05, 0.1) is 0 Å². The molecule has 1 aliphatic heterocycles. The maximum absolute atomic E-state index is 4.22. The molecule has 0 fully saturated rings. The molecule has 0 saturated carbocycles. The number of aliphatic imine (C=N–C) groups is 1. The molecule has 0 aromatic rings. The quantitative estimate of drug-likeness (QED) is 0.561. The zero-order valence-electron chi connectivity index (χ0n) is 7.31. The summed E-state index contributed by atoms with van der Waals surface area (Å²) >= 11 is 0. The van der Waals surface area contributed by atoms with E-state index in [2.05, 4.69) is 37.7 Å². The summed E-state index contributed by atoms with van der Waals surface area (Å²) in [6.45, 7) is 10.1. The normalized spacial score (nSPS) is 17.7. The smallest absolute Gasteiger partial charge is 0.111 e. The van der Waals surface area contributed by atoms with Crippen molar-refractivity contribution in [2.24, 2.45) is 10.4 Å². The van der Waals surface area contributed by atoms with Crippen LogP contribution < -0.4 is 5.32 Å². The molecule has 0 amide bonds. The summed E-state index contributed by atoms with van der Waals surface area (Å²) < 4.78 is 0. The molecule has 0 spiro atoms. The minimum absolute atomic E-state index is 0.0771. The van der Waals surface area contributed by atoms with Crippen molar-refractivity contribution in [2.75, 3.05) is 0 Å². The highest BCUT2D eigenvalue weighted by Crippen LogP contribution is 2.17. The maximum Gasteiger partial charge on any atom is 0.111 e. The first-order valence-electron chi connectivity index (χ1n) is 3.71. The summed E-state index contributed by atoms with van der Waals surface area (Å²) in [6.07, 6.45) is 3.63. The second-order valence-corrected chi connectivity index (χ2v) is 3.69. The van der Waals surface area contributed by atoms with Gasteiger partial charge < -0.3 is 5.32 Å². The molecule has 0 unspecified atom stereocenters. The molecule has 1 aliphatic rings. The van der Waals surface area contributed by atoms with Crippen molar-refractivity contribution >= 4 is 5.84 Å². The molecule has 0 atom stereocenters. The fourth-order valence-electron chi connectivity index (χ4n) is 0.809. The van der Waals surface area contributed by atoms with Gasteiger partial charge in [0, 0.05) is 17.3 Å². The van der Waals surface area contributed by atoms with Crippen LogP contribution in [-0.2, 0) is 0 Å². The number of nitrogens with zero attached hydrogens (tertiary/aromatic N) is 1. The molecule has 2 heteroatoms. The Balaban J connectivity index is 2.83. The Morgan fingerprint density at radius 3 is 2.45 bits per heavy atom. The van der Waals surface area contributed by atoms with Crippen molar-refractivity contribution < 1.29 is 0 Å². The molecule has 1 N–H and O–H groups in total. The lowest BCUT2D eigenvalue weighted by Gasteiger charge is -2.24. The zero-order valence-corrected chi connectivity index (χ0v) is 7.31. The van der Waals surface area contributed by atoms with E-state index in [4.69, 9.17) is 0 Å². The molecule has 11 heavy (non-hydrogen) atoms. The molecule has 0 aliphatic carbocycles. The lowest BCUT2D eigenvalue weighted by atomic mass is 9.94. The van der Waals surface area contributed by atoms with E-state index in [0.717, 1.165) is 11.5 Å². The molecule has 0 bridgehead atoms. The van der Waals surface area contributed by atoms with Gasteiger partial charge in [-0.3, -0.25) is 0 Å². The van der Waals surface area contributed by atoms with Crippen LogP contribution in [0.2, 0.25) is 0 Å². The molecular weight excluding hydrogens is 136 g/mol. The number of amidine groups is 1. The fourth-order valence-corrected chi connectivity index (χ4v) is 0.809. The minimum Gasteiger partial charge on any atom is -0.344 e. The maximum atomic E-state index is 4.22. The van der Waals surface area contributed by atoms with E-state index in [1.807, 2.05) is 6.08 Å². The Hall–Kier alpha value is -1.05. The van der Waals surface area contributed by atoms with E-state index in [-0.39, 0.29) is 5.41 Å². The van der Waals surface area contributed by atoms with E-state index in [1.54, 1.807) is 6.20 Å². The first-order valence-corrected chi connectivity index (χ1v) is 3.71. The lowest BCUT2D eigenvalue weighted by Crippen LogP contribution is -2.34. The van der Waals surface area contributed by atoms with E-state index in [1.165, 1.54) is 0 Å². The standard InChI is InChI=1S/C9H14N2/c1-7-5-6-10-8(11-7)9(2,3)4/h5-6H,1H2,2-4H3,(H,10,11). The molecule has 1 rings (SSSR count). The summed E-state index contributed by atoms with van der Waals surface area (Å²) in [5.41, 5.74) is 0.984. The molecule has 1 heterocycles. The number of rotatable bonds is 0. The van der Waals surface area contributed by atoms with Crippen LogP contribution in [0.1, 0.15) is 20.8 Å². The third kappa shape index (κ3) is 1.93. The van der Waals surface area contributed by atoms with Gasteiger partial charge in [0.25, 0.3) is 0 Å². The van der Waals surface area contributed by atoms with Crippen molar-refractivity contribution in [3.8, 4) is 0 Å². The van der Waals surface area contributed by atoms with Crippen molar-refractivity contribution in [3.63, 3.8) is 0 Å². The van der Waals surface area contributed by atoms with Crippen LogP contribution in [0.3, 0.4) is 0 Å². The van der Waals surface area contributed by atoms with Gasteiger partial charge >= 0.3 is 0 Å². The van der Waals surface area contributed by atoms with Gasteiger partial charge in [-0.25, -0.2) is 4.99 Å². The monoisotopic (exact) mass is 150 g/mol. The highest BCUT2D eigenvalue weighted by atomic mass is 15.0. The second kappa shape index (κ2) is 2.53. The van der Waals surface area contributed by atoms with Crippen LogP contribution in [0.15, 0.2) is 29.5 Å². The highest BCUT2D eigenvalue weighted by Gasteiger charge is 2.19. The molecule has 0 radical (unpaired) electrons. The topological polar surface area (TPSA) is 24.4 Å². The lowest BCUT2D eigenvalue weighted by molar-refractivity contribution is 0.572. The van der Waals surface area contributed by atoms with Crippen molar-refractivity contribution in [3.05, 3.63) is 24.6 Å². The summed E-state index contributed by atoms with van der Waals surface area (Å²) in [5.74, 6) is 0.977. The van der Waals surface area contributed by atoms with Gasteiger partial charge in [0.1, 0.15) is 5.84 Å². The summed E-state index contributed by atoms with van der Waals surface area (Å²) in [6, 6.07) is 0. The highest BCUT2D eigenvalue weighted by molar-refractivity contribution is 5.90. The van der Waals surface area contributed by atoms with Crippen LogP contribution in [0.4, 0.5) is 0 Å². The van der Waals surface area contributed by atoms with Gasteiger partial charge in [0.15, 0.2) is 0 Å². The predicted octanol–water partition coefficient (Wildman–Crippen LogP) is 2.06. The van der Waals surface area contributed by atoms with Crippen LogP contribution in [0.25, 0.3) is 0 Å². The van der Waals surface area contributed by atoms with E-state index < -0.39 is 0 Å². The molecule has 0 saturated heterocycles. The zero-order chi connectivity index (χ0) is 8.48. The SMILES string of the molecule is C=C1C=CN=C(C(C)(C)C)N1. The number of nitrogens with one attached hydrogen (secondary N) is 1. The first kappa shape index (κ1) is 8.05. The minimum atomic E-state index is 0.0771. The molecule has 0 aromatic heterocycles. The van der Waals surface area contributed by atoms with Crippen molar-refractivity contribution in [2.45, 2.75) is 20.8 Å². The Labute approximate surface area is 67.7 Å². The number of hydrogen-bond donors (Lipinski definition) is 1. The van der Waals surface area contributed by atoms with Crippen LogP contribution in [0.5, 0.6) is 0 Å². The largest absolute Gasteiger partial charge is 0.344 e. The van der Waals surface area contributed by atoms with Gasteiger partial charge in [0.2, 0.25) is 0 Å². The van der Waals surface area contributed by atoms with Crippen molar-refractivity contribution in [1.29, 1.82) is 0 Å². The number of allylic oxidation sites excluding steroid dienone is 1. The molecule has 60 valence electrons. The third-order valence-electron chi connectivity index (χ3n) is 1.47. The Morgan fingerprint density at radius 1 is 1.45 bits per heavy atom. The van der Waals surface area contributed by atoms with Gasteiger partial charge in [-0.1, -0.05) is 27.4 Å². The predicted molar refractivity (Wildman–Crippen MR) is 48.3 cm³/mol. The van der Waals surface area contributed by atoms with Crippen LogP contribution >= 0.6 is 0 Å². The van der Waals surface area contributed by atoms with E-state index in [0.29, 0.717) is 0 Å². The summed E-state index contributed by atoms with van der Waals surface area (Å²) in [4.78, 5) is 4.22. The van der Waals surface area contributed by atoms with E-state index in [9.17, 15) is 0 Å². The van der Waals surface area contributed by atoms with Gasteiger partial charge in [-0.15, -0.1) is 0 Å². The Bertz CT molecular complexity index is 228. The summed E-state index contributed by atoms with van der Waals surface area (Å²) in [7, 11) is 0. The number of hydrogen-bond acceptors (Lipinski definition) is 2. The average Bonchev–Trinajstić information content (AvgIpc) is 1.86. The molecular formula is C9H14N2. The van der Waals surface area contributed by atoms with E-state index >= 15 is 0 Å². The fraction of sp³-hybridized carbons (Fsp3) is 0.444. The van der Waals surface area contributed by atoms with Gasteiger partial charge in [-0.05, 0) is 6.08 Å². The molecule has 2 nitrogen and oxygen atoms in total. The Kier molecular flexibility index (Phi) is 1.85. The average molecular weight is 150 g/mol. The second-order valence-electron chi connectivity index (χ2n) is 3.69. The Morgan fingerprint density at radius 2 is 2.09 bits per heavy atom. The van der Waals surface area contributed by atoms with Crippen LogP contribution in [-0.4, -0.2) is 5.84 Å². The third-order valence-corrected chi connectivity index (χ3v) is 1.47. The van der Waals surface area contributed by atoms with Crippen molar-refractivity contribution in [1.82, 2.24) is 5.32 Å². The summed E-state index contributed by atoms with van der Waals surface area (Å²) in [5, 5.41) is 3.12. The van der Waals surface area contributed by atoms with Gasteiger partial charge in [-0.2, -0.15) is 0 Å². The molecule has 0 aromatic carbocycles. The van der Waals surface area contributed by atoms with Crippen LogP contribution in [0, 0.1) is 5.41 Å².